The van der Waals surface area contributed by atoms with Crippen LogP contribution in [0.25, 0.3) is 0 Å². The molecule has 0 aliphatic rings. The van der Waals surface area contributed by atoms with Gasteiger partial charge in [-0.25, -0.2) is 0 Å². The Bertz CT molecular complexity index is 10.8. The molecule has 0 atom stereocenters. The molecule has 0 aliphatic carbocycles. The molecule has 0 fully saturated rings. The maximum atomic E-state index is 4.61. The molecule has 0 amide bonds. The quantitative estimate of drug-likeness (QED) is 0.536. The summed E-state index contributed by atoms with van der Waals surface area (Å²) < 4.78 is 0. The summed E-state index contributed by atoms with van der Waals surface area (Å²) in [6.45, 7) is 7.75. The average molecular weight is 226 g/mol. The summed E-state index contributed by atoms with van der Waals surface area (Å²) in [7, 11) is 0. The van der Waals surface area contributed by atoms with Crippen LogP contribution < -0.4 is 0 Å². The summed E-state index contributed by atoms with van der Waals surface area (Å²) in [5, 5.41) is 0. The number of allylic oxidation sites excluding steroid dienone is 1. The van der Waals surface area contributed by atoms with Gasteiger partial charge < -0.3 is 19.6 Å². The van der Waals surface area contributed by atoms with E-state index < -0.39 is 0 Å². The van der Waals surface area contributed by atoms with Crippen LogP contribution >= 0.6 is 0 Å². The molecule has 0 saturated heterocycles. The molecule has 0 aromatic rings. The van der Waals surface area contributed by atoms with Gasteiger partial charge in [0.05, 0.1) is 0 Å². The smallest absolute Gasteiger partial charge is 0 e. The third-order valence-corrected chi connectivity index (χ3v) is 0. The standard InChI is InChI=1S/C3H4.Re/c1-3-2;/h1,3H,2H2;/q-2;. The maximum Gasteiger partial charge on any atom is 0 e. The zero-order valence-corrected chi connectivity index (χ0v) is 4.96. The molecule has 0 N–H and O–H groups in total. The predicted molar refractivity (Wildman–Crippen MR) is 14.2 cm³/mol. The van der Waals surface area contributed by atoms with Gasteiger partial charge in [-0.1, -0.05) is 0 Å². The van der Waals surface area contributed by atoms with Crippen LogP contribution in [-0.2, 0) is 20.4 Å². The van der Waals surface area contributed by atoms with Gasteiger partial charge in [0.25, 0.3) is 0 Å². The van der Waals surface area contributed by atoms with Gasteiger partial charge in [-0.15, -0.1) is 0 Å². The topological polar surface area (TPSA) is 0 Å². The molecule has 0 nitrogen and oxygen atoms in total. The van der Waals surface area contributed by atoms with E-state index in [-0.39, 0.29) is 20.4 Å². The Labute approximate surface area is 40.6 Å². The minimum Gasteiger partial charge on any atom is -0.549 e. The maximum absolute atomic E-state index is 4.61. The zero-order chi connectivity index (χ0) is 2.71. The van der Waals surface area contributed by atoms with Gasteiger partial charge in [0, 0.05) is 20.4 Å². The van der Waals surface area contributed by atoms with E-state index in [1.165, 1.54) is 6.08 Å². The van der Waals surface area contributed by atoms with Crippen molar-refractivity contribution >= 4 is 0 Å². The molecule has 1 heteroatoms. The minimum absolute atomic E-state index is 0. The molecule has 0 aromatic carbocycles. The van der Waals surface area contributed by atoms with Crippen molar-refractivity contribution in [1.29, 1.82) is 0 Å². The summed E-state index contributed by atoms with van der Waals surface area (Å²) in [4.78, 5) is 0. The Kier molecular flexibility index (Phi) is 23.1. The van der Waals surface area contributed by atoms with Crippen molar-refractivity contribution in [3.05, 3.63) is 19.6 Å². The van der Waals surface area contributed by atoms with Crippen LogP contribution in [0.15, 0.2) is 6.08 Å². The van der Waals surface area contributed by atoms with Crippen LogP contribution in [0.2, 0.25) is 0 Å². The fourth-order valence-corrected chi connectivity index (χ4v) is 0. The van der Waals surface area contributed by atoms with E-state index >= 15 is 0 Å². The molecule has 0 aliphatic heterocycles. The van der Waals surface area contributed by atoms with E-state index in [0.717, 1.165) is 0 Å². The minimum atomic E-state index is 0. The summed E-state index contributed by atoms with van der Waals surface area (Å²) in [5.41, 5.74) is 0. The van der Waals surface area contributed by atoms with Crippen molar-refractivity contribution in [2.45, 2.75) is 0 Å². The van der Waals surface area contributed by atoms with Crippen LogP contribution in [0, 0.1) is 13.5 Å². The largest absolute Gasteiger partial charge is 0.549 e. The van der Waals surface area contributed by atoms with E-state index in [2.05, 4.69) is 13.5 Å². The van der Waals surface area contributed by atoms with E-state index in [4.69, 9.17) is 0 Å². The third kappa shape index (κ3) is 49.6. The predicted octanol–water partition coefficient (Wildman–Crippen LogP) is 0.807. The molecular weight excluding hydrogens is 222 g/mol. The van der Waals surface area contributed by atoms with E-state index in [9.17, 15) is 0 Å². The SMILES string of the molecule is [CH-]=C[CH2-].[Re]. The van der Waals surface area contributed by atoms with Gasteiger partial charge in [0.2, 0.25) is 0 Å². The Hall–Kier alpha value is 0.272. The van der Waals surface area contributed by atoms with Crippen molar-refractivity contribution in [3.63, 3.8) is 0 Å². The number of hydrogen-bond acceptors (Lipinski definition) is 0. The van der Waals surface area contributed by atoms with Crippen LogP contribution in [0.3, 0.4) is 0 Å². The number of rotatable bonds is 0. The average Bonchev–Trinajstić information content (AvgIpc) is 0.918. The number of hydrogen-bond donors (Lipinski definition) is 0. The molecule has 0 aromatic heterocycles. The molecule has 0 spiro atoms. The van der Waals surface area contributed by atoms with Crippen LogP contribution in [0.5, 0.6) is 0 Å². The summed E-state index contributed by atoms with van der Waals surface area (Å²) in [6, 6.07) is 0. The Morgan fingerprint density at radius 2 is 1.75 bits per heavy atom. The Balaban J connectivity index is 0. The van der Waals surface area contributed by atoms with Crippen molar-refractivity contribution < 1.29 is 20.4 Å². The van der Waals surface area contributed by atoms with Gasteiger partial charge in [0.15, 0.2) is 0 Å². The first kappa shape index (κ1) is 8.86. The molecule has 0 rings (SSSR count). The van der Waals surface area contributed by atoms with E-state index in [0.29, 0.717) is 0 Å². The van der Waals surface area contributed by atoms with Gasteiger partial charge in [0.1, 0.15) is 0 Å². The monoisotopic (exact) mass is 227 g/mol. The van der Waals surface area contributed by atoms with Crippen molar-refractivity contribution in [2.24, 2.45) is 0 Å². The zero-order valence-electron chi connectivity index (χ0n) is 2.24. The first-order valence-electron chi connectivity index (χ1n) is 0.742. The molecular formula is C3H4Re-2. The summed E-state index contributed by atoms with van der Waals surface area (Å²) in [5.74, 6) is 0. The van der Waals surface area contributed by atoms with Gasteiger partial charge in [-0.2, -0.15) is 0 Å². The van der Waals surface area contributed by atoms with Crippen LogP contribution in [0.4, 0.5) is 0 Å². The molecule has 0 heterocycles. The summed E-state index contributed by atoms with van der Waals surface area (Å²) in [6.07, 6.45) is 1.25. The Morgan fingerprint density at radius 3 is 1.75 bits per heavy atom. The fraction of sp³-hybridized carbons (Fsp3) is 0. The molecule has 0 saturated carbocycles. The first-order valence-corrected chi connectivity index (χ1v) is 0.742. The van der Waals surface area contributed by atoms with E-state index in [1.807, 2.05) is 0 Å². The molecule has 4 heavy (non-hydrogen) atoms. The second-order valence-electron chi connectivity index (χ2n) is 0.236. The molecule has 25 valence electrons. The van der Waals surface area contributed by atoms with Gasteiger partial charge >= 0.3 is 0 Å². The van der Waals surface area contributed by atoms with Crippen LogP contribution in [-0.4, -0.2) is 0 Å². The summed E-state index contributed by atoms with van der Waals surface area (Å²) >= 11 is 0. The van der Waals surface area contributed by atoms with Crippen LogP contribution in [0.1, 0.15) is 0 Å². The molecule has 0 bridgehead atoms. The van der Waals surface area contributed by atoms with Crippen molar-refractivity contribution in [1.82, 2.24) is 0 Å². The van der Waals surface area contributed by atoms with Gasteiger partial charge in [-0.05, 0) is 0 Å². The molecule has 0 unspecified atom stereocenters. The molecule has 1 radical (unpaired) electrons. The first-order chi connectivity index (χ1) is 1.41. The van der Waals surface area contributed by atoms with E-state index in [1.54, 1.807) is 0 Å². The normalized spacial score (nSPS) is 3.00. The second kappa shape index (κ2) is 10.4. The fourth-order valence-electron chi connectivity index (χ4n) is 0. The van der Waals surface area contributed by atoms with Crippen molar-refractivity contribution in [3.8, 4) is 0 Å². The third-order valence-electron chi connectivity index (χ3n) is 0. The second-order valence-corrected chi connectivity index (χ2v) is 0.236. The van der Waals surface area contributed by atoms with Crippen molar-refractivity contribution in [2.75, 3.05) is 0 Å². The Morgan fingerprint density at radius 1 is 1.75 bits per heavy atom. The van der Waals surface area contributed by atoms with Gasteiger partial charge in [-0.3, -0.25) is 0 Å².